The summed E-state index contributed by atoms with van der Waals surface area (Å²) in [5.74, 6) is -0.739. The normalized spacial score (nSPS) is 10.4. The van der Waals surface area contributed by atoms with Gasteiger partial charge in [-0.15, -0.1) is 5.10 Å². The summed E-state index contributed by atoms with van der Waals surface area (Å²) in [7, 11) is 0. The maximum Gasteiger partial charge on any atom is 0.186 e. The van der Waals surface area contributed by atoms with Gasteiger partial charge in [-0.3, -0.25) is 4.79 Å². The molecule has 0 aliphatic heterocycles. The number of nitrogens with zero attached hydrogens (tertiary/aromatic N) is 4. The highest BCUT2D eigenvalue weighted by atomic mass is 35.5. The van der Waals surface area contributed by atoms with E-state index in [2.05, 4.69) is 15.3 Å². The molecule has 16 heavy (non-hydrogen) atoms. The van der Waals surface area contributed by atoms with Gasteiger partial charge >= 0.3 is 0 Å². The van der Waals surface area contributed by atoms with Gasteiger partial charge in [0.15, 0.2) is 17.3 Å². The molecule has 2 heterocycles. The average Bonchev–Trinajstić information content (AvgIpc) is 2.63. The number of hydrogen-bond donors (Lipinski definition) is 0. The van der Waals surface area contributed by atoms with Crippen LogP contribution in [0.1, 0.15) is 16.2 Å². The number of halogens is 2. The van der Waals surface area contributed by atoms with Gasteiger partial charge in [0.2, 0.25) is 0 Å². The van der Waals surface area contributed by atoms with E-state index in [1.54, 1.807) is 6.92 Å². The van der Waals surface area contributed by atoms with Crippen LogP contribution in [-0.4, -0.2) is 26.3 Å². The quantitative estimate of drug-likeness (QED) is 0.591. The Bertz CT molecular complexity index is 554. The Labute approximate surface area is 94.9 Å². The van der Waals surface area contributed by atoms with Crippen molar-refractivity contribution in [2.24, 2.45) is 0 Å². The Balaban J connectivity index is 2.67. The number of hydrogen-bond acceptors (Lipinski definition) is 4. The molecule has 2 aromatic rings. The molecular formula is C9H6ClFN4O. The zero-order valence-corrected chi connectivity index (χ0v) is 8.94. The highest BCUT2D eigenvalue weighted by molar-refractivity contribution is 6.29. The molecule has 0 saturated heterocycles. The molecule has 0 aliphatic carbocycles. The number of aldehydes is 1. The van der Waals surface area contributed by atoms with E-state index in [-0.39, 0.29) is 16.5 Å². The highest BCUT2D eigenvalue weighted by Crippen LogP contribution is 2.19. The fourth-order valence-corrected chi connectivity index (χ4v) is 1.40. The standard InChI is InChI=1S/C9H6ClFN4O/c1-5-7(4-16)15(14-13-5)6-2-3-12-9(10)8(6)11/h2-4H,1H3. The molecule has 0 amide bonds. The zero-order valence-electron chi connectivity index (χ0n) is 8.19. The van der Waals surface area contributed by atoms with Gasteiger partial charge in [-0.05, 0) is 13.0 Å². The number of carbonyl (C=O) groups excluding carboxylic acids is 1. The zero-order chi connectivity index (χ0) is 11.7. The molecule has 0 N–H and O–H groups in total. The van der Waals surface area contributed by atoms with Crippen LogP contribution in [0.4, 0.5) is 4.39 Å². The number of carbonyl (C=O) groups is 1. The van der Waals surface area contributed by atoms with Crippen LogP contribution in [0.2, 0.25) is 5.15 Å². The lowest BCUT2D eigenvalue weighted by molar-refractivity contribution is 0.111. The molecule has 0 unspecified atom stereocenters. The first kappa shape index (κ1) is 10.7. The lowest BCUT2D eigenvalue weighted by Gasteiger charge is -2.04. The fraction of sp³-hybridized carbons (Fsp3) is 0.111. The predicted molar refractivity (Wildman–Crippen MR) is 54.2 cm³/mol. The van der Waals surface area contributed by atoms with E-state index in [0.717, 1.165) is 4.68 Å². The van der Waals surface area contributed by atoms with Gasteiger partial charge in [-0.25, -0.2) is 14.1 Å². The smallest absolute Gasteiger partial charge is 0.186 e. The molecule has 0 saturated carbocycles. The summed E-state index contributed by atoms with van der Waals surface area (Å²) < 4.78 is 14.7. The average molecular weight is 241 g/mol. The van der Waals surface area contributed by atoms with Gasteiger partial charge in [-0.2, -0.15) is 0 Å². The summed E-state index contributed by atoms with van der Waals surface area (Å²) in [6, 6.07) is 1.36. The Morgan fingerprint density at radius 2 is 2.31 bits per heavy atom. The maximum absolute atomic E-state index is 13.6. The maximum atomic E-state index is 13.6. The lowest BCUT2D eigenvalue weighted by atomic mass is 10.3. The Kier molecular flexibility index (Phi) is 2.66. The van der Waals surface area contributed by atoms with Gasteiger partial charge in [0.1, 0.15) is 11.4 Å². The third-order valence-electron chi connectivity index (χ3n) is 2.05. The van der Waals surface area contributed by atoms with Crippen molar-refractivity contribution in [1.29, 1.82) is 0 Å². The largest absolute Gasteiger partial charge is 0.296 e. The molecule has 2 rings (SSSR count). The van der Waals surface area contributed by atoms with E-state index in [9.17, 15) is 9.18 Å². The Morgan fingerprint density at radius 3 is 3.00 bits per heavy atom. The van der Waals surface area contributed by atoms with Crippen molar-refractivity contribution >= 4 is 17.9 Å². The molecule has 2 aromatic heterocycles. The third-order valence-corrected chi connectivity index (χ3v) is 2.31. The molecule has 0 aliphatic rings. The van der Waals surface area contributed by atoms with Crippen LogP contribution in [0.3, 0.4) is 0 Å². The second-order valence-corrected chi connectivity index (χ2v) is 3.38. The molecular weight excluding hydrogens is 235 g/mol. The van der Waals surface area contributed by atoms with E-state index in [1.807, 2.05) is 0 Å². The SMILES string of the molecule is Cc1nnn(-c2ccnc(Cl)c2F)c1C=O. The first-order chi connectivity index (χ1) is 7.65. The summed E-state index contributed by atoms with van der Waals surface area (Å²) in [6.07, 6.45) is 1.88. The molecule has 0 fully saturated rings. The van der Waals surface area contributed by atoms with Crippen molar-refractivity contribution in [3.63, 3.8) is 0 Å². The third kappa shape index (κ3) is 1.57. The lowest BCUT2D eigenvalue weighted by Crippen LogP contribution is -2.05. The van der Waals surface area contributed by atoms with Crippen molar-refractivity contribution in [3.8, 4) is 5.69 Å². The van der Waals surface area contributed by atoms with Gasteiger partial charge in [-0.1, -0.05) is 16.8 Å². The number of aromatic nitrogens is 4. The highest BCUT2D eigenvalue weighted by Gasteiger charge is 2.15. The van der Waals surface area contributed by atoms with E-state index in [1.165, 1.54) is 12.3 Å². The molecule has 0 aromatic carbocycles. The first-order valence-electron chi connectivity index (χ1n) is 4.33. The van der Waals surface area contributed by atoms with Crippen molar-refractivity contribution < 1.29 is 9.18 Å². The Hall–Kier alpha value is -1.82. The van der Waals surface area contributed by atoms with Crippen LogP contribution in [0.5, 0.6) is 0 Å². The first-order valence-corrected chi connectivity index (χ1v) is 4.70. The predicted octanol–water partition coefficient (Wildman–Crippen LogP) is 1.58. The van der Waals surface area contributed by atoms with Crippen LogP contribution in [-0.2, 0) is 0 Å². The van der Waals surface area contributed by atoms with Gasteiger partial charge < -0.3 is 0 Å². The van der Waals surface area contributed by atoms with Gasteiger partial charge in [0.05, 0.1) is 5.69 Å². The molecule has 82 valence electrons. The van der Waals surface area contributed by atoms with Crippen molar-refractivity contribution in [2.75, 3.05) is 0 Å². The summed E-state index contributed by atoms with van der Waals surface area (Å²) in [5, 5.41) is 7.08. The fourth-order valence-electron chi connectivity index (χ4n) is 1.25. The summed E-state index contributed by atoms with van der Waals surface area (Å²) >= 11 is 5.53. The minimum atomic E-state index is -0.739. The van der Waals surface area contributed by atoms with Crippen LogP contribution < -0.4 is 0 Å². The van der Waals surface area contributed by atoms with Crippen LogP contribution in [0.25, 0.3) is 5.69 Å². The van der Waals surface area contributed by atoms with Crippen LogP contribution in [0.15, 0.2) is 12.3 Å². The second-order valence-electron chi connectivity index (χ2n) is 3.02. The van der Waals surface area contributed by atoms with Gasteiger partial charge in [0, 0.05) is 6.20 Å². The molecule has 0 bridgehead atoms. The van der Waals surface area contributed by atoms with E-state index in [4.69, 9.17) is 11.6 Å². The van der Waals surface area contributed by atoms with Crippen molar-refractivity contribution in [2.45, 2.75) is 6.92 Å². The van der Waals surface area contributed by atoms with E-state index < -0.39 is 5.82 Å². The topological polar surface area (TPSA) is 60.7 Å². The monoisotopic (exact) mass is 240 g/mol. The molecule has 0 atom stereocenters. The molecule has 5 nitrogen and oxygen atoms in total. The van der Waals surface area contributed by atoms with Crippen molar-refractivity contribution in [3.05, 3.63) is 34.6 Å². The molecule has 0 spiro atoms. The minimum Gasteiger partial charge on any atom is -0.296 e. The van der Waals surface area contributed by atoms with E-state index in [0.29, 0.717) is 12.0 Å². The molecule has 0 radical (unpaired) electrons. The number of rotatable bonds is 2. The van der Waals surface area contributed by atoms with Crippen molar-refractivity contribution in [1.82, 2.24) is 20.0 Å². The minimum absolute atomic E-state index is 0.0442. The number of pyridine rings is 1. The summed E-state index contributed by atoms with van der Waals surface area (Å²) in [4.78, 5) is 14.4. The van der Waals surface area contributed by atoms with Crippen LogP contribution in [0, 0.1) is 12.7 Å². The van der Waals surface area contributed by atoms with Gasteiger partial charge in [0.25, 0.3) is 0 Å². The summed E-state index contributed by atoms with van der Waals surface area (Å²) in [5.41, 5.74) is 0.645. The second kappa shape index (κ2) is 3.97. The van der Waals surface area contributed by atoms with E-state index >= 15 is 0 Å². The van der Waals surface area contributed by atoms with Crippen LogP contribution >= 0.6 is 11.6 Å². The number of aryl methyl sites for hydroxylation is 1. The molecule has 7 heteroatoms. The Morgan fingerprint density at radius 1 is 1.56 bits per heavy atom. The summed E-state index contributed by atoms with van der Waals surface area (Å²) in [6.45, 7) is 1.61.